The minimum atomic E-state index is -1.17. The van der Waals surface area contributed by atoms with Crippen molar-refractivity contribution in [3.63, 3.8) is 0 Å². The van der Waals surface area contributed by atoms with E-state index in [9.17, 15) is 23.2 Å². The molecule has 0 saturated carbocycles. The van der Waals surface area contributed by atoms with Crippen LogP contribution in [0.2, 0.25) is 0 Å². The number of anilines is 4. The number of carbonyl (C=O) groups excluding carboxylic acids is 2. The second-order valence-electron chi connectivity index (χ2n) is 6.95. The second-order valence-corrected chi connectivity index (χ2v) is 6.95. The van der Waals surface area contributed by atoms with Crippen LogP contribution in [0, 0.1) is 11.6 Å². The second kappa shape index (κ2) is 8.46. The van der Waals surface area contributed by atoms with Gasteiger partial charge in [0, 0.05) is 23.9 Å². The maximum absolute atomic E-state index is 13.4. The molecule has 2 amide bonds. The van der Waals surface area contributed by atoms with Crippen LogP contribution in [0.1, 0.15) is 17.9 Å². The molecule has 11 heteroatoms. The molecular formula is C21H17F2N5O4. The average Bonchev–Trinajstić information content (AvgIpc) is 2.76. The van der Waals surface area contributed by atoms with E-state index in [1.807, 2.05) is 0 Å². The van der Waals surface area contributed by atoms with Crippen molar-refractivity contribution in [2.45, 2.75) is 12.3 Å². The van der Waals surface area contributed by atoms with E-state index in [2.05, 4.69) is 25.9 Å². The van der Waals surface area contributed by atoms with Crippen LogP contribution in [-0.2, 0) is 9.59 Å². The zero-order chi connectivity index (χ0) is 22.8. The monoisotopic (exact) mass is 441 g/mol. The molecule has 1 atom stereocenters. The number of methoxy groups -OCH3 is 1. The fourth-order valence-corrected chi connectivity index (χ4v) is 3.27. The highest BCUT2D eigenvalue weighted by atomic mass is 19.2. The average molecular weight is 441 g/mol. The molecule has 1 aliphatic rings. The van der Waals surface area contributed by atoms with E-state index in [-0.39, 0.29) is 29.4 Å². The van der Waals surface area contributed by atoms with Crippen LogP contribution >= 0.6 is 0 Å². The van der Waals surface area contributed by atoms with Gasteiger partial charge in [-0.1, -0.05) is 0 Å². The number of aromatic nitrogens is 2. The van der Waals surface area contributed by atoms with Crippen molar-refractivity contribution in [3.8, 4) is 5.75 Å². The van der Waals surface area contributed by atoms with Crippen molar-refractivity contribution < 1.29 is 23.1 Å². The summed E-state index contributed by atoms with van der Waals surface area (Å²) in [5.74, 6) is -3.98. The number of nitrogens with zero attached hydrogens (tertiary/aromatic N) is 1. The number of amides is 2. The van der Waals surface area contributed by atoms with E-state index in [0.29, 0.717) is 11.4 Å². The predicted molar refractivity (Wildman–Crippen MR) is 112 cm³/mol. The van der Waals surface area contributed by atoms with E-state index in [1.54, 1.807) is 24.3 Å². The number of hydrogen-bond acceptors (Lipinski definition) is 6. The lowest BCUT2D eigenvalue weighted by Gasteiger charge is -2.23. The summed E-state index contributed by atoms with van der Waals surface area (Å²) in [7, 11) is 1.53. The molecule has 9 nitrogen and oxygen atoms in total. The van der Waals surface area contributed by atoms with Gasteiger partial charge in [-0.2, -0.15) is 4.98 Å². The fraction of sp³-hybridized carbons (Fsp3) is 0.143. The van der Waals surface area contributed by atoms with Gasteiger partial charge in [-0.25, -0.2) is 8.78 Å². The largest absolute Gasteiger partial charge is 0.497 e. The Kier molecular flexibility index (Phi) is 5.54. The summed E-state index contributed by atoms with van der Waals surface area (Å²) < 4.78 is 31.6. The van der Waals surface area contributed by atoms with Gasteiger partial charge >= 0.3 is 0 Å². The normalized spacial score (nSPS) is 14.8. The lowest BCUT2D eigenvalue weighted by molar-refractivity contribution is -0.123. The van der Waals surface area contributed by atoms with Gasteiger partial charge < -0.3 is 20.7 Å². The quantitative estimate of drug-likeness (QED) is 0.483. The van der Waals surface area contributed by atoms with E-state index in [1.165, 1.54) is 13.2 Å². The first-order valence-corrected chi connectivity index (χ1v) is 9.45. The highest BCUT2D eigenvalue weighted by molar-refractivity contribution is 6.04. The van der Waals surface area contributed by atoms with Crippen molar-refractivity contribution in [2.75, 3.05) is 23.1 Å². The number of aromatic amines is 1. The van der Waals surface area contributed by atoms with Gasteiger partial charge in [0.15, 0.2) is 11.6 Å². The van der Waals surface area contributed by atoms with Gasteiger partial charge in [0.2, 0.25) is 17.8 Å². The minimum Gasteiger partial charge on any atom is -0.497 e. The number of carbonyl (C=O) groups is 2. The minimum absolute atomic E-state index is 0.0105. The molecule has 2 heterocycles. The molecule has 3 aromatic rings. The molecule has 2 aromatic carbocycles. The van der Waals surface area contributed by atoms with E-state index < -0.39 is 34.9 Å². The van der Waals surface area contributed by atoms with Gasteiger partial charge in [0.05, 0.1) is 18.6 Å². The van der Waals surface area contributed by atoms with Crippen molar-refractivity contribution in [1.82, 2.24) is 9.97 Å². The molecule has 4 N–H and O–H groups in total. The Hall–Kier alpha value is -4.28. The summed E-state index contributed by atoms with van der Waals surface area (Å²) in [6.45, 7) is 0. The summed E-state index contributed by atoms with van der Waals surface area (Å²) in [6, 6.07) is 9.66. The standard InChI is InChI=1S/C21H17F2N5O4/c1-32-12-5-2-10(3-6-12)25-21-27-18-17(20(31)28-21)13(9-16(29)26-18)19(30)24-11-4-7-14(22)15(23)8-11/h2-8,13H,9H2,1H3,(H,24,30)(H3,25,26,27,28,29,31). The lowest BCUT2D eigenvalue weighted by atomic mass is 9.92. The Morgan fingerprint density at radius 3 is 2.50 bits per heavy atom. The van der Waals surface area contributed by atoms with Crippen molar-refractivity contribution >= 4 is 35.0 Å². The van der Waals surface area contributed by atoms with Gasteiger partial charge in [0.1, 0.15) is 11.6 Å². The van der Waals surface area contributed by atoms with Crippen molar-refractivity contribution in [2.24, 2.45) is 0 Å². The molecule has 0 saturated heterocycles. The van der Waals surface area contributed by atoms with Crippen LogP contribution in [-0.4, -0.2) is 28.9 Å². The molecule has 0 fully saturated rings. The number of hydrogen-bond donors (Lipinski definition) is 4. The Bertz CT molecular complexity index is 1260. The van der Waals surface area contributed by atoms with E-state index in [4.69, 9.17) is 4.74 Å². The van der Waals surface area contributed by atoms with Crippen LogP contribution in [0.3, 0.4) is 0 Å². The molecule has 1 unspecified atom stereocenters. The molecule has 32 heavy (non-hydrogen) atoms. The predicted octanol–water partition coefficient (Wildman–Crippen LogP) is 2.86. The van der Waals surface area contributed by atoms with Crippen LogP contribution < -0.4 is 26.2 Å². The Balaban J connectivity index is 1.61. The van der Waals surface area contributed by atoms with Gasteiger partial charge in [-0.05, 0) is 36.4 Å². The van der Waals surface area contributed by atoms with Crippen LogP contribution in [0.5, 0.6) is 5.75 Å². The SMILES string of the molecule is COc1ccc(Nc2nc3c(c(=O)[nH]2)C(C(=O)Nc2ccc(F)c(F)c2)CC(=O)N3)cc1. The lowest BCUT2D eigenvalue weighted by Crippen LogP contribution is -2.36. The maximum atomic E-state index is 13.4. The summed E-state index contributed by atoms with van der Waals surface area (Å²) in [5, 5.41) is 7.80. The molecule has 0 radical (unpaired) electrons. The highest BCUT2D eigenvalue weighted by Gasteiger charge is 2.34. The van der Waals surface area contributed by atoms with Crippen LogP contribution in [0.4, 0.5) is 31.9 Å². The molecule has 1 aliphatic heterocycles. The van der Waals surface area contributed by atoms with Gasteiger partial charge in [-0.15, -0.1) is 0 Å². The number of halogens is 2. The van der Waals surface area contributed by atoms with Gasteiger partial charge in [-0.3, -0.25) is 19.4 Å². The molecule has 164 valence electrons. The fourth-order valence-electron chi connectivity index (χ4n) is 3.27. The molecular weight excluding hydrogens is 424 g/mol. The summed E-state index contributed by atoms with van der Waals surface area (Å²) >= 11 is 0. The number of ether oxygens (including phenoxy) is 1. The molecule has 0 aliphatic carbocycles. The molecule has 0 bridgehead atoms. The molecule has 4 rings (SSSR count). The first-order chi connectivity index (χ1) is 15.3. The smallest absolute Gasteiger partial charge is 0.258 e. The van der Waals surface area contributed by atoms with E-state index >= 15 is 0 Å². The highest BCUT2D eigenvalue weighted by Crippen LogP contribution is 2.30. The summed E-state index contributed by atoms with van der Waals surface area (Å²) in [4.78, 5) is 44.4. The maximum Gasteiger partial charge on any atom is 0.258 e. The number of benzene rings is 2. The topological polar surface area (TPSA) is 125 Å². The zero-order valence-corrected chi connectivity index (χ0v) is 16.7. The Labute approximate surface area is 179 Å². The van der Waals surface area contributed by atoms with Crippen LogP contribution in [0.15, 0.2) is 47.3 Å². The summed E-state index contributed by atoms with van der Waals surface area (Å²) in [6.07, 6.45) is -0.307. The Morgan fingerprint density at radius 1 is 1.09 bits per heavy atom. The first kappa shape index (κ1) is 21.0. The van der Waals surface area contributed by atoms with Crippen molar-refractivity contribution in [3.05, 3.63) is 70.0 Å². The Morgan fingerprint density at radius 2 is 1.81 bits per heavy atom. The third kappa shape index (κ3) is 4.26. The third-order valence-electron chi connectivity index (χ3n) is 4.81. The van der Waals surface area contributed by atoms with Gasteiger partial charge in [0.25, 0.3) is 5.56 Å². The molecule has 1 aromatic heterocycles. The number of nitrogens with one attached hydrogen (secondary N) is 4. The molecule has 0 spiro atoms. The first-order valence-electron chi connectivity index (χ1n) is 9.45. The third-order valence-corrected chi connectivity index (χ3v) is 4.81. The number of fused-ring (bicyclic) bond motifs is 1. The number of rotatable bonds is 5. The zero-order valence-electron chi connectivity index (χ0n) is 16.7. The van der Waals surface area contributed by atoms with E-state index in [0.717, 1.165) is 12.1 Å². The van der Waals surface area contributed by atoms with Crippen LogP contribution in [0.25, 0.3) is 0 Å². The van der Waals surface area contributed by atoms with Crippen molar-refractivity contribution in [1.29, 1.82) is 0 Å². The number of H-pyrrole nitrogens is 1. The summed E-state index contributed by atoms with van der Waals surface area (Å²) in [5.41, 5.74) is -0.0753.